The number of benzene rings is 1. The van der Waals surface area contributed by atoms with Crippen LogP contribution in [-0.4, -0.2) is 18.6 Å². The van der Waals surface area contributed by atoms with E-state index >= 15 is 0 Å². The quantitative estimate of drug-likeness (QED) is 0.785. The van der Waals surface area contributed by atoms with Crippen molar-refractivity contribution in [3.63, 3.8) is 0 Å². The molecule has 1 rings (SSSR count). The maximum atomic E-state index is 11.8. The SMILES string of the molecule is C=CCNC(=O)[C@H](CC)Oc1cc(C)ccc1C. The van der Waals surface area contributed by atoms with Gasteiger partial charge >= 0.3 is 0 Å². The topological polar surface area (TPSA) is 38.3 Å². The van der Waals surface area contributed by atoms with E-state index in [1.807, 2.05) is 39.0 Å². The summed E-state index contributed by atoms with van der Waals surface area (Å²) in [6.45, 7) is 9.95. The first kappa shape index (κ1) is 14.3. The minimum atomic E-state index is -0.453. The average molecular weight is 247 g/mol. The van der Waals surface area contributed by atoms with Crippen LogP contribution in [0.3, 0.4) is 0 Å². The highest BCUT2D eigenvalue weighted by Crippen LogP contribution is 2.21. The molecule has 3 heteroatoms. The van der Waals surface area contributed by atoms with Crippen molar-refractivity contribution in [2.75, 3.05) is 6.54 Å². The van der Waals surface area contributed by atoms with Gasteiger partial charge in [0, 0.05) is 6.54 Å². The second-order valence-corrected chi connectivity index (χ2v) is 4.32. The van der Waals surface area contributed by atoms with Crippen molar-refractivity contribution in [2.45, 2.75) is 33.3 Å². The zero-order valence-electron chi connectivity index (χ0n) is 11.3. The summed E-state index contributed by atoms with van der Waals surface area (Å²) in [6, 6.07) is 5.98. The van der Waals surface area contributed by atoms with Gasteiger partial charge in [-0.1, -0.05) is 25.1 Å². The van der Waals surface area contributed by atoms with Gasteiger partial charge < -0.3 is 10.1 Å². The van der Waals surface area contributed by atoms with E-state index in [9.17, 15) is 4.79 Å². The monoisotopic (exact) mass is 247 g/mol. The normalized spacial score (nSPS) is 11.7. The Bertz CT molecular complexity index is 427. The third kappa shape index (κ3) is 3.91. The number of hydrogen-bond acceptors (Lipinski definition) is 2. The van der Waals surface area contributed by atoms with E-state index in [2.05, 4.69) is 11.9 Å². The van der Waals surface area contributed by atoms with E-state index in [1.54, 1.807) is 6.08 Å². The molecule has 1 amide bonds. The number of amides is 1. The zero-order chi connectivity index (χ0) is 13.5. The maximum Gasteiger partial charge on any atom is 0.261 e. The number of aryl methyl sites for hydroxylation is 2. The van der Waals surface area contributed by atoms with E-state index in [0.29, 0.717) is 13.0 Å². The number of rotatable bonds is 6. The third-order valence-electron chi connectivity index (χ3n) is 2.70. The van der Waals surface area contributed by atoms with Gasteiger partial charge in [0.15, 0.2) is 6.10 Å². The first-order valence-corrected chi connectivity index (χ1v) is 6.21. The first-order valence-electron chi connectivity index (χ1n) is 6.21. The van der Waals surface area contributed by atoms with E-state index in [1.165, 1.54) is 0 Å². The maximum absolute atomic E-state index is 11.8. The lowest BCUT2D eigenvalue weighted by molar-refractivity contribution is -0.127. The van der Waals surface area contributed by atoms with Gasteiger partial charge in [0.2, 0.25) is 0 Å². The van der Waals surface area contributed by atoms with Gasteiger partial charge in [0.1, 0.15) is 5.75 Å². The van der Waals surface area contributed by atoms with Crippen LogP contribution < -0.4 is 10.1 Å². The molecular weight excluding hydrogens is 226 g/mol. The summed E-state index contributed by atoms with van der Waals surface area (Å²) in [5.74, 6) is 0.675. The van der Waals surface area contributed by atoms with Crippen LogP contribution in [0.4, 0.5) is 0 Å². The minimum absolute atomic E-state index is 0.0988. The summed E-state index contributed by atoms with van der Waals surface area (Å²) in [4.78, 5) is 11.8. The Hall–Kier alpha value is -1.77. The highest BCUT2D eigenvalue weighted by atomic mass is 16.5. The Kier molecular flexibility index (Phi) is 5.43. The van der Waals surface area contributed by atoms with E-state index < -0.39 is 6.10 Å². The highest BCUT2D eigenvalue weighted by Gasteiger charge is 2.18. The van der Waals surface area contributed by atoms with Crippen molar-refractivity contribution in [2.24, 2.45) is 0 Å². The van der Waals surface area contributed by atoms with E-state index in [0.717, 1.165) is 16.9 Å². The molecule has 0 fully saturated rings. The molecule has 18 heavy (non-hydrogen) atoms. The molecule has 0 aliphatic heterocycles. The molecule has 0 radical (unpaired) electrons. The lowest BCUT2D eigenvalue weighted by atomic mass is 10.1. The van der Waals surface area contributed by atoms with Crippen molar-refractivity contribution < 1.29 is 9.53 Å². The number of carbonyl (C=O) groups excluding carboxylic acids is 1. The molecule has 0 aromatic heterocycles. The van der Waals surface area contributed by atoms with Crippen LogP contribution in [-0.2, 0) is 4.79 Å². The van der Waals surface area contributed by atoms with Crippen molar-refractivity contribution in [3.05, 3.63) is 42.0 Å². The van der Waals surface area contributed by atoms with Gasteiger partial charge in [-0.15, -0.1) is 6.58 Å². The number of ether oxygens (including phenoxy) is 1. The van der Waals surface area contributed by atoms with Crippen LogP contribution in [0.15, 0.2) is 30.9 Å². The van der Waals surface area contributed by atoms with Gasteiger partial charge in [0.25, 0.3) is 5.91 Å². The molecule has 3 nitrogen and oxygen atoms in total. The van der Waals surface area contributed by atoms with Gasteiger partial charge in [-0.3, -0.25) is 4.79 Å². The van der Waals surface area contributed by atoms with Crippen LogP contribution in [0.2, 0.25) is 0 Å². The van der Waals surface area contributed by atoms with Crippen LogP contribution in [0.5, 0.6) is 5.75 Å². The summed E-state index contributed by atoms with van der Waals surface area (Å²) in [5, 5.41) is 2.76. The van der Waals surface area contributed by atoms with Gasteiger partial charge in [-0.25, -0.2) is 0 Å². The van der Waals surface area contributed by atoms with Crippen LogP contribution >= 0.6 is 0 Å². The molecule has 0 aliphatic carbocycles. The number of carbonyl (C=O) groups is 1. The first-order chi connectivity index (χ1) is 8.58. The lowest BCUT2D eigenvalue weighted by Crippen LogP contribution is -2.38. The third-order valence-corrected chi connectivity index (χ3v) is 2.70. The molecule has 0 saturated carbocycles. The Labute approximate surface area is 109 Å². The molecule has 98 valence electrons. The molecule has 0 heterocycles. The molecule has 1 aromatic carbocycles. The summed E-state index contributed by atoms with van der Waals surface area (Å²) in [6.07, 6.45) is 1.84. The Morgan fingerprint density at radius 3 is 2.83 bits per heavy atom. The fourth-order valence-electron chi connectivity index (χ4n) is 1.60. The van der Waals surface area contributed by atoms with Crippen LogP contribution in [0, 0.1) is 13.8 Å². The second kappa shape index (κ2) is 6.84. The lowest BCUT2D eigenvalue weighted by Gasteiger charge is -2.18. The molecule has 0 unspecified atom stereocenters. The van der Waals surface area contributed by atoms with Crippen molar-refractivity contribution in [1.29, 1.82) is 0 Å². The highest BCUT2D eigenvalue weighted by molar-refractivity contribution is 5.81. The smallest absolute Gasteiger partial charge is 0.261 e. The zero-order valence-corrected chi connectivity index (χ0v) is 11.3. The predicted octanol–water partition coefficient (Wildman–Crippen LogP) is 2.76. The molecule has 1 N–H and O–H groups in total. The molecule has 0 saturated heterocycles. The average Bonchev–Trinajstić information content (AvgIpc) is 2.36. The van der Waals surface area contributed by atoms with Gasteiger partial charge in [0.05, 0.1) is 0 Å². The molecule has 0 aliphatic rings. The van der Waals surface area contributed by atoms with Crippen molar-refractivity contribution in [3.8, 4) is 5.75 Å². The summed E-state index contributed by atoms with van der Waals surface area (Å²) in [7, 11) is 0. The van der Waals surface area contributed by atoms with E-state index in [-0.39, 0.29) is 5.91 Å². The number of hydrogen-bond donors (Lipinski definition) is 1. The number of nitrogens with one attached hydrogen (secondary N) is 1. The Morgan fingerprint density at radius 1 is 1.50 bits per heavy atom. The van der Waals surface area contributed by atoms with Gasteiger partial charge in [-0.2, -0.15) is 0 Å². The molecule has 1 atom stereocenters. The summed E-state index contributed by atoms with van der Waals surface area (Å²) in [5.41, 5.74) is 2.16. The predicted molar refractivity (Wildman–Crippen MR) is 73.8 cm³/mol. The second-order valence-electron chi connectivity index (χ2n) is 4.32. The molecule has 1 aromatic rings. The fourth-order valence-corrected chi connectivity index (χ4v) is 1.60. The minimum Gasteiger partial charge on any atom is -0.480 e. The summed E-state index contributed by atoms with van der Waals surface area (Å²) < 4.78 is 5.79. The van der Waals surface area contributed by atoms with Crippen molar-refractivity contribution >= 4 is 5.91 Å². The fraction of sp³-hybridized carbons (Fsp3) is 0.400. The standard InChI is InChI=1S/C15H21NO2/c1-5-9-16-15(17)13(6-2)18-14-10-11(3)7-8-12(14)4/h5,7-8,10,13H,1,6,9H2,2-4H3,(H,16,17)/t13-/m0/s1. The molecule has 0 bridgehead atoms. The van der Waals surface area contributed by atoms with E-state index in [4.69, 9.17) is 4.74 Å². The Morgan fingerprint density at radius 2 is 2.22 bits per heavy atom. The molecule has 0 spiro atoms. The largest absolute Gasteiger partial charge is 0.480 e. The van der Waals surface area contributed by atoms with Crippen LogP contribution in [0.1, 0.15) is 24.5 Å². The van der Waals surface area contributed by atoms with Crippen molar-refractivity contribution in [1.82, 2.24) is 5.32 Å². The summed E-state index contributed by atoms with van der Waals surface area (Å²) >= 11 is 0. The van der Waals surface area contributed by atoms with Crippen LogP contribution in [0.25, 0.3) is 0 Å². The Balaban J connectivity index is 2.75. The van der Waals surface area contributed by atoms with Gasteiger partial charge in [-0.05, 0) is 37.5 Å². The molecular formula is C15H21NO2.